The highest BCUT2D eigenvalue weighted by Crippen LogP contribution is 2.48. The molecule has 0 spiro atoms. The highest BCUT2D eigenvalue weighted by molar-refractivity contribution is 5.92. The molecule has 0 bridgehead atoms. The van der Waals surface area contributed by atoms with E-state index in [-0.39, 0.29) is 35.8 Å². The number of fused-ring (bicyclic) bond motifs is 1. The molecule has 2 aliphatic rings. The second-order valence-corrected chi connectivity index (χ2v) is 8.51. The van der Waals surface area contributed by atoms with Crippen LogP contribution in [0.5, 0.6) is 0 Å². The summed E-state index contributed by atoms with van der Waals surface area (Å²) in [5, 5.41) is 12.9. The molecule has 2 fully saturated rings. The third-order valence-electron chi connectivity index (χ3n) is 6.52. The molecule has 0 saturated heterocycles. The molecule has 30 heavy (non-hydrogen) atoms. The fraction of sp³-hybridized carbons (Fsp3) is 0.348. The summed E-state index contributed by atoms with van der Waals surface area (Å²) in [5.74, 6) is -1.84. The van der Waals surface area contributed by atoms with Crippen molar-refractivity contribution < 1.29 is 23.1 Å². The smallest absolute Gasteiger partial charge is 0.228 e. The summed E-state index contributed by atoms with van der Waals surface area (Å²) in [4.78, 5) is 15.4. The third kappa shape index (κ3) is 3.08. The normalized spacial score (nSPS) is 22.0. The number of amides is 1. The van der Waals surface area contributed by atoms with Crippen LogP contribution in [0.1, 0.15) is 37.2 Å². The predicted octanol–water partition coefficient (Wildman–Crippen LogP) is 4.39. The van der Waals surface area contributed by atoms with E-state index >= 15 is 0 Å². The Balaban J connectivity index is 1.47. The van der Waals surface area contributed by atoms with Crippen LogP contribution >= 0.6 is 0 Å². The highest BCUT2D eigenvalue weighted by atomic mass is 19.1. The van der Waals surface area contributed by atoms with Crippen LogP contribution < -0.4 is 5.32 Å². The van der Waals surface area contributed by atoms with Gasteiger partial charge in [-0.25, -0.2) is 13.2 Å². The fourth-order valence-corrected chi connectivity index (χ4v) is 4.43. The van der Waals surface area contributed by atoms with Crippen LogP contribution in [0, 0.1) is 22.9 Å². The number of H-pyrrole nitrogens is 1. The van der Waals surface area contributed by atoms with Gasteiger partial charge in [0.05, 0.1) is 23.2 Å². The largest absolute Gasteiger partial charge is 0.395 e. The van der Waals surface area contributed by atoms with Gasteiger partial charge in [0, 0.05) is 17.5 Å². The van der Waals surface area contributed by atoms with Gasteiger partial charge in [-0.2, -0.15) is 0 Å². The number of aliphatic hydroxyl groups excluding tert-OH is 1. The van der Waals surface area contributed by atoms with Crippen LogP contribution in [0.3, 0.4) is 0 Å². The third-order valence-corrected chi connectivity index (χ3v) is 6.52. The first kappa shape index (κ1) is 19.2. The molecule has 3 N–H and O–H groups in total. The number of hydrogen-bond acceptors (Lipinski definition) is 2. The zero-order valence-corrected chi connectivity index (χ0v) is 16.1. The minimum Gasteiger partial charge on any atom is -0.395 e. The average molecular weight is 414 g/mol. The average Bonchev–Trinajstić information content (AvgIpc) is 3.41. The second-order valence-electron chi connectivity index (χ2n) is 8.51. The molecule has 1 heterocycles. The summed E-state index contributed by atoms with van der Waals surface area (Å²) in [6.07, 6.45) is 2.65. The summed E-state index contributed by atoms with van der Waals surface area (Å²) in [6, 6.07) is 7.97. The minimum absolute atomic E-state index is 0.00502. The summed E-state index contributed by atoms with van der Waals surface area (Å²) in [6.45, 7) is -0.148. The summed E-state index contributed by atoms with van der Waals surface area (Å²) in [7, 11) is 0. The van der Waals surface area contributed by atoms with E-state index in [1.165, 1.54) is 18.2 Å². The van der Waals surface area contributed by atoms with Gasteiger partial charge in [-0.15, -0.1) is 0 Å². The van der Waals surface area contributed by atoms with Crippen molar-refractivity contribution in [2.45, 2.75) is 37.6 Å². The van der Waals surface area contributed by atoms with Gasteiger partial charge in [-0.05, 0) is 73.1 Å². The molecule has 2 aromatic carbocycles. The number of carbonyl (C=O) groups excluding carboxylic acids is 1. The number of rotatable bonds is 5. The number of nitrogens with one attached hydrogen (secondary N) is 2. The van der Waals surface area contributed by atoms with E-state index in [0.717, 1.165) is 11.6 Å². The van der Waals surface area contributed by atoms with Gasteiger partial charge in [0.1, 0.15) is 17.5 Å². The molecule has 156 valence electrons. The number of hydrogen-bond donors (Lipinski definition) is 3. The van der Waals surface area contributed by atoms with Gasteiger partial charge in [0.25, 0.3) is 0 Å². The van der Waals surface area contributed by atoms with Crippen molar-refractivity contribution in [2.75, 3.05) is 6.61 Å². The van der Waals surface area contributed by atoms with E-state index in [1.807, 2.05) is 0 Å². The first-order valence-electron chi connectivity index (χ1n) is 10.1. The van der Waals surface area contributed by atoms with E-state index in [0.29, 0.717) is 42.3 Å². The lowest BCUT2D eigenvalue weighted by Crippen LogP contribution is -2.47. The van der Waals surface area contributed by atoms with Crippen LogP contribution in [0.15, 0.2) is 36.4 Å². The Labute approximate surface area is 171 Å². The number of carbonyl (C=O) groups is 1. The van der Waals surface area contributed by atoms with Gasteiger partial charge in [0.15, 0.2) is 0 Å². The fourth-order valence-electron chi connectivity index (χ4n) is 4.43. The molecule has 0 atom stereocenters. The first-order chi connectivity index (χ1) is 14.4. The van der Waals surface area contributed by atoms with E-state index in [2.05, 4.69) is 10.3 Å². The molecule has 0 unspecified atom stereocenters. The molecule has 0 aliphatic heterocycles. The summed E-state index contributed by atoms with van der Waals surface area (Å²) < 4.78 is 41.8. The molecule has 5 rings (SSSR count). The monoisotopic (exact) mass is 414 g/mol. The van der Waals surface area contributed by atoms with Crippen molar-refractivity contribution in [1.29, 1.82) is 0 Å². The molecule has 7 heteroatoms. The van der Waals surface area contributed by atoms with Gasteiger partial charge >= 0.3 is 0 Å². The molecule has 1 aromatic heterocycles. The molecule has 2 saturated carbocycles. The Kier molecular flexibility index (Phi) is 4.39. The number of aromatic amines is 1. The van der Waals surface area contributed by atoms with E-state index in [9.17, 15) is 23.1 Å². The van der Waals surface area contributed by atoms with Crippen molar-refractivity contribution >= 4 is 16.8 Å². The standard InChI is InChI=1S/C23H21F3N2O2/c24-14-3-1-12(2-4-14)20-19(17-9-15(25)10-18(26)21(17)28-20)13-7-16(8-13)27-22(30)23(11-29)5-6-23/h1-4,9-10,13,16,28-29H,5-8,11H2,(H,27,30). The highest BCUT2D eigenvalue weighted by Gasteiger charge is 2.50. The Morgan fingerprint density at radius 2 is 1.80 bits per heavy atom. The molecule has 3 aromatic rings. The van der Waals surface area contributed by atoms with E-state index in [1.54, 1.807) is 12.1 Å². The topological polar surface area (TPSA) is 65.1 Å². The number of aliphatic hydroxyl groups is 1. The first-order valence-corrected chi connectivity index (χ1v) is 10.1. The molecule has 4 nitrogen and oxygen atoms in total. The minimum atomic E-state index is -0.678. The zero-order valence-electron chi connectivity index (χ0n) is 16.1. The van der Waals surface area contributed by atoms with Crippen molar-refractivity contribution in [3.63, 3.8) is 0 Å². The Hall–Kier alpha value is -2.80. The van der Waals surface area contributed by atoms with E-state index < -0.39 is 17.0 Å². The number of halogens is 3. The van der Waals surface area contributed by atoms with Crippen LogP contribution in [-0.2, 0) is 4.79 Å². The van der Waals surface area contributed by atoms with Crippen molar-refractivity contribution in [3.8, 4) is 11.3 Å². The van der Waals surface area contributed by atoms with Crippen LogP contribution in [-0.4, -0.2) is 28.6 Å². The molecular formula is C23H21F3N2O2. The van der Waals surface area contributed by atoms with Gasteiger partial charge < -0.3 is 15.4 Å². The predicted molar refractivity (Wildman–Crippen MR) is 106 cm³/mol. The Bertz CT molecular complexity index is 1130. The lowest BCUT2D eigenvalue weighted by molar-refractivity contribution is -0.129. The maximum Gasteiger partial charge on any atom is 0.228 e. The quantitative estimate of drug-likeness (QED) is 0.580. The molecule has 1 amide bonds. The molecule has 0 radical (unpaired) electrons. The Morgan fingerprint density at radius 3 is 2.43 bits per heavy atom. The maximum atomic E-state index is 14.4. The molecule has 2 aliphatic carbocycles. The summed E-state index contributed by atoms with van der Waals surface area (Å²) in [5.41, 5.74) is 1.70. The van der Waals surface area contributed by atoms with Gasteiger partial charge in [0.2, 0.25) is 5.91 Å². The van der Waals surface area contributed by atoms with E-state index in [4.69, 9.17) is 0 Å². The summed E-state index contributed by atoms with van der Waals surface area (Å²) >= 11 is 0. The lowest BCUT2D eigenvalue weighted by atomic mass is 9.74. The number of aromatic nitrogens is 1. The number of benzene rings is 2. The van der Waals surface area contributed by atoms with Gasteiger partial charge in [-0.3, -0.25) is 4.79 Å². The van der Waals surface area contributed by atoms with Crippen LogP contribution in [0.25, 0.3) is 22.2 Å². The SMILES string of the molecule is O=C(NC1CC(c2c(-c3ccc(F)cc3)[nH]c3c(F)cc(F)cc23)C1)C1(CO)CC1. The lowest BCUT2D eigenvalue weighted by Gasteiger charge is -2.37. The van der Waals surface area contributed by atoms with Gasteiger partial charge in [-0.1, -0.05) is 0 Å². The maximum absolute atomic E-state index is 14.4. The van der Waals surface area contributed by atoms with Crippen LogP contribution in [0.4, 0.5) is 13.2 Å². The zero-order chi connectivity index (χ0) is 21.0. The molecular weight excluding hydrogens is 393 g/mol. The van der Waals surface area contributed by atoms with Crippen molar-refractivity contribution in [2.24, 2.45) is 5.41 Å². The Morgan fingerprint density at radius 1 is 1.10 bits per heavy atom. The second kappa shape index (κ2) is 6.87. The van der Waals surface area contributed by atoms with Crippen molar-refractivity contribution in [1.82, 2.24) is 10.3 Å². The van der Waals surface area contributed by atoms with Crippen molar-refractivity contribution in [3.05, 3.63) is 59.4 Å². The van der Waals surface area contributed by atoms with Crippen LogP contribution in [0.2, 0.25) is 0 Å².